The first-order chi connectivity index (χ1) is 9.61. The maximum absolute atomic E-state index is 12.1. The first-order valence-electron chi connectivity index (χ1n) is 5.81. The van der Waals surface area contributed by atoms with Crippen LogP contribution in [-0.4, -0.2) is 21.1 Å². The van der Waals surface area contributed by atoms with E-state index in [-0.39, 0.29) is 11.1 Å². The zero-order chi connectivity index (χ0) is 14.1. The van der Waals surface area contributed by atoms with E-state index in [1.807, 2.05) is 6.07 Å². The average Bonchev–Trinajstić information content (AvgIpc) is 2.84. The van der Waals surface area contributed by atoms with Crippen LogP contribution in [0.2, 0.25) is 5.15 Å². The van der Waals surface area contributed by atoms with Gasteiger partial charge >= 0.3 is 0 Å². The maximum atomic E-state index is 12.1. The number of nitrogen functional groups attached to an aromatic ring is 1. The highest BCUT2D eigenvalue weighted by atomic mass is 35.5. The molecule has 4 N–H and O–H groups in total. The minimum atomic E-state index is -0.309. The molecule has 2 heterocycles. The SMILES string of the molecule is Nc1ccc2[nH]c(C(=O)Nc3ccc(Cl)nn3)cc2c1. The predicted molar refractivity (Wildman–Crippen MR) is 77.7 cm³/mol. The van der Waals surface area contributed by atoms with Crippen LogP contribution in [0.3, 0.4) is 0 Å². The Kier molecular flexibility index (Phi) is 3.00. The summed E-state index contributed by atoms with van der Waals surface area (Å²) in [4.78, 5) is 15.1. The lowest BCUT2D eigenvalue weighted by Gasteiger charge is -2.01. The second kappa shape index (κ2) is 4.82. The number of anilines is 2. The summed E-state index contributed by atoms with van der Waals surface area (Å²) in [6.45, 7) is 0. The number of halogens is 1. The number of amides is 1. The second-order valence-corrected chi connectivity index (χ2v) is 4.61. The molecule has 7 heteroatoms. The van der Waals surface area contributed by atoms with Crippen molar-refractivity contribution in [1.82, 2.24) is 15.2 Å². The van der Waals surface area contributed by atoms with E-state index >= 15 is 0 Å². The Hall–Kier alpha value is -2.60. The van der Waals surface area contributed by atoms with Gasteiger partial charge in [-0.25, -0.2) is 0 Å². The molecule has 0 aliphatic carbocycles. The van der Waals surface area contributed by atoms with Gasteiger partial charge in [0.15, 0.2) is 11.0 Å². The lowest BCUT2D eigenvalue weighted by Crippen LogP contribution is -2.13. The molecule has 3 aromatic rings. The van der Waals surface area contributed by atoms with Crippen molar-refractivity contribution in [3.05, 3.63) is 47.2 Å². The largest absolute Gasteiger partial charge is 0.399 e. The number of fused-ring (bicyclic) bond motifs is 1. The number of aromatic amines is 1. The molecule has 0 unspecified atom stereocenters. The van der Waals surface area contributed by atoms with Gasteiger partial charge < -0.3 is 16.0 Å². The van der Waals surface area contributed by atoms with E-state index in [2.05, 4.69) is 20.5 Å². The third-order valence-electron chi connectivity index (χ3n) is 2.76. The summed E-state index contributed by atoms with van der Waals surface area (Å²) >= 11 is 5.63. The minimum Gasteiger partial charge on any atom is -0.399 e. The number of rotatable bonds is 2. The fourth-order valence-corrected chi connectivity index (χ4v) is 1.94. The monoisotopic (exact) mass is 287 g/mol. The predicted octanol–water partition coefficient (Wildman–Crippen LogP) is 2.45. The molecule has 3 rings (SSSR count). The molecule has 0 fully saturated rings. The van der Waals surface area contributed by atoms with Crippen molar-refractivity contribution in [1.29, 1.82) is 0 Å². The molecule has 100 valence electrons. The molecular formula is C13H10ClN5O. The fourth-order valence-electron chi connectivity index (χ4n) is 1.84. The molecule has 0 spiro atoms. The summed E-state index contributed by atoms with van der Waals surface area (Å²) in [5.74, 6) is 0.0222. The first-order valence-corrected chi connectivity index (χ1v) is 6.18. The quantitative estimate of drug-likeness (QED) is 0.631. The number of H-pyrrole nitrogens is 1. The van der Waals surface area contributed by atoms with Crippen LogP contribution in [0, 0.1) is 0 Å². The average molecular weight is 288 g/mol. The highest BCUT2D eigenvalue weighted by Crippen LogP contribution is 2.19. The van der Waals surface area contributed by atoms with Crippen LogP contribution in [0.5, 0.6) is 0 Å². The van der Waals surface area contributed by atoms with Gasteiger partial charge in [0.2, 0.25) is 0 Å². The van der Waals surface area contributed by atoms with Gasteiger partial charge in [0.25, 0.3) is 5.91 Å². The molecule has 0 bridgehead atoms. The van der Waals surface area contributed by atoms with E-state index in [1.54, 1.807) is 30.3 Å². The number of nitrogens with two attached hydrogens (primary N) is 1. The molecule has 0 atom stereocenters. The van der Waals surface area contributed by atoms with Crippen molar-refractivity contribution >= 4 is 39.9 Å². The van der Waals surface area contributed by atoms with E-state index in [9.17, 15) is 4.79 Å². The zero-order valence-electron chi connectivity index (χ0n) is 10.2. The van der Waals surface area contributed by atoms with Gasteiger partial charge in [0.05, 0.1) is 0 Å². The number of nitrogens with one attached hydrogen (secondary N) is 2. The van der Waals surface area contributed by atoms with Crippen LogP contribution in [0.25, 0.3) is 10.9 Å². The normalized spacial score (nSPS) is 10.7. The van der Waals surface area contributed by atoms with Gasteiger partial charge in [-0.2, -0.15) is 0 Å². The Labute approximate surface area is 119 Å². The third-order valence-corrected chi connectivity index (χ3v) is 2.96. The van der Waals surface area contributed by atoms with Gasteiger partial charge in [0.1, 0.15) is 5.69 Å². The molecule has 20 heavy (non-hydrogen) atoms. The number of nitrogens with zero attached hydrogens (tertiary/aromatic N) is 2. The summed E-state index contributed by atoms with van der Waals surface area (Å²) < 4.78 is 0. The molecule has 0 aliphatic heterocycles. The molecular weight excluding hydrogens is 278 g/mol. The van der Waals surface area contributed by atoms with Crippen molar-refractivity contribution in [3.63, 3.8) is 0 Å². The molecule has 0 saturated carbocycles. The summed E-state index contributed by atoms with van der Waals surface area (Å²) in [5, 5.41) is 11.2. The fraction of sp³-hybridized carbons (Fsp3) is 0. The van der Waals surface area contributed by atoms with Gasteiger partial charge in [-0.05, 0) is 36.4 Å². The topological polar surface area (TPSA) is 96.7 Å². The Balaban J connectivity index is 1.86. The Morgan fingerprint density at radius 1 is 1.20 bits per heavy atom. The van der Waals surface area contributed by atoms with Crippen LogP contribution >= 0.6 is 11.6 Å². The van der Waals surface area contributed by atoms with Crippen LogP contribution < -0.4 is 11.1 Å². The van der Waals surface area contributed by atoms with Crippen molar-refractivity contribution in [2.75, 3.05) is 11.1 Å². The van der Waals surface area contributed by atoms with Crippen molar-refractivity contribution < 1.29 is 4.79 Å². The zero-order valence-corrected chi connectivity index (χ0v) is 11.0. The van der Waals surface area contributed by atoms with Crippen LogP contribution in [0.4, 0.5) is 11.5 Å². The number of benzene rings is 1. The van der Waals surface area contributed by atoms with E-state index in [4.69, 9.17) is 17.3 Å². The third kappa shape index (κ3) is 2.41. The highest BCUT2D eigenvalue weighted by molar-refractivity contribution is 6.29. The molecule has 2 aromatic heterocycles. The lowest BCUT2D eigenvalue weighted by atomic mass is 10.2. The Bertz CT molecular complexity index is 781. The van der Waals surface area contributed by atoms with E-state index in [0.717, 1.165) is 10.9 Å². The molecule has 1 aromatic carbocycles. The van der Waals surface area contributed by atoms with E-state index < -0.39 is 0 Å². The van der Waals surface area contributed by atoms with Gasteiger partial charge in [-0.1, -0.05) is 11.6 Å². The summed E-state index contributed by atoms with van der Waals surface area (Å²) in [7, 11) is 0. The van der Waals surface area contributed by atoms with Crippen molar-refractivity contribution in [3.8, 4) is 0 Å². The number of hydrogen-bond donors (Lipinski definition) is 3. The van der Waals surface area contributed by atoms with E-state index in [1.165, 1.54) is 0 Å². The van der Waals surface area contributed by atoms with E-state index in [0.29, 0.717) is 17.2 Å². The number of aromatic nitrogens is 3. The molecule has 0 radical (unpaired) electrons. The molecule has 0 aliphatic rings. The second-order valence-electron chi connectivity index (χ2n) is 4.23. The maximum Gasteiger partial charge on any atom is 0.273 e. The highest BCUT2D eigenvalue weighted by Gasteiger charge is 2.10. The molecule has 1 amide bonds. The Morgan fingerprint density at radius 2 is 2.05 bits per heavy atom. The Morgan fingerprint density at radius 3 is 2.80 bits per heavy atom. The van der Waals surface area contributed by atoms with Gasteiger partial charge in [-0.3, -0.25) is 4.79 Å². The number of carbonyl (C=O) groups excluding carboxylic acids is 1. The van der Waals surface area contributed by atoms with Gasteiger partial charge in [-0.15, -0.1) is 10.2 Å². The minimum absolute atomic E-state index is 0.268. The number of hydrogen-bond acceptors (Lipinski definition) is 4. The van der Waals surface area contributed by atoms with Crippen LogP contribution in [-0.2, 0) is 0 Å². The smallest absolute Gasteiger partial charge is 0.273 e. The van der Waals surface area contributed by atoms with Crippen LogP contribution in [0.15, 0.2) is 36.4 Å². The summed E-state index contributed by atoms with van der Waals surface area (Å²) in [5.41, 5.74) is 7.61. The molecule has 6 nitrogen and oxygen atoms in total. The van der Waals surface area contributed by atoms with Crippen molar-refractivity contribution in [2.24, 2.45) is 0 Å². The summed E-state index contributed by atoms with van der Waals surface area (Å²) in [6.07, 6.45) is 0. The lowest BCUT2D eigenvalue weighted by molar-refractivity contribution is 0.102. The summed E-state index contributed by atoms with van der Waals surface area (Å²) in [6, 6.07) is 10.2. The standard InChI is InChI=1S/C13H10ClN5O/c14-11-3-4-12(19-18-11)17-13(20)10-6-7-5-8(15)1-2-9(7)16-10/h1-6,16H,15H2,(H,17,19,20). The molecule has 0 saturated heterocycles. The van der Waals surface area contributed by atoms with Gasteiger partial charge in [0, 0.05) is 16.6 Å². The van der Waals surface area contributed by atoms with Crippen LogP contribution in [0.1, 0.15) is 10.5 Å². The van der Waals surface area contributed by atoms with Crippen molar-refractivity contribution in [2.45, 2.75) is 0 Å². The number of carbonyl (C=O) groups is 1. The first kappa shape index (κ1) is 12.4.